The molecule has 0 fully saturated rings. The standard InChI is InChI=1S/C45H28N2O2/c1-2-10-29(11-3-1)31-18-22-34(23-19-31)47(35-24-20-30-12-4-5-13-32(30)26-35)41-27-33-21-25-37-36-14-6-8-16-42(36)48-44(37)38(33)28-39(41)45-46-40-15-7-9-17-43(40)49-45/h1-28H. The first-order valence-corrected chi connectivity index (χ1v) is 16.5. The van der Waals surface area contributed by atoms with Crippen molar-refractivity contribution in [3.05, 3.63) is 170 Å². The number of nitrogens with zero attached hydrogens (tertiary/aromatic N) is 2. The Kier molecular flexibility index (Phi) is 6.15. The summed E-state index contributed by atoms with van der Waals surface area (Å²) in [6.07, 6.45) is 0. The van der Waals surface area contributed by atoms with Crippen LogP contribution in [0.25, 0.3) is 77.2 Å². The Morgan fingerprint density at radius 3 is 1.98 bits per heavy atom. The van der Waals surface area contributed by atoms with E-state index < -0.39 is 0 Å². The quantitative estimate of drug-likeness (QED) is 0.190. The van der Waals surface area contributed by atoms with Crippen LogP contribution in [0.5, 0.6) is 0 Å². The first kappa shape index (κ1) is 27.5. The molecule has 0 aliphatic rings. The number of furan rings is 1. The molecule has 4 nitrogen and oxygen atoms in total. The van der Waals surface area contributed by atoms with Gasteiger partial charge in [-0.3, -0.25) is 0 Å². The predicted molar refractivity (Wildman–Crippen MR) is 202 cm³/mol. The van der Waals surface area contributed by atoms with Crippen LogP contribution in [0.4, 0.5) is 17.1 Å². The molecule has 10 rings (SSSR count). The summed E-state index contributed by atoms with van der Waals surface area (Å²) in [6, 6.07) is 59.3. The Balaban J connectivity index is 1.26. The van der Waals surface area contributed by atoms with Gasteiger partial charge in [-0.1, -0.05) is 109 Å². The molecule has 2 aromatic heterocycles. The number of oxazole rings is 1. The lowest BCUT2D eigenvalue weighted by molar-refractivity contribution is 0.620. The highest BCUT2D eigenvalue weighted by atomic mass is 16.3. The number of rotatable bonds is 5. The van der Waals surface area contributed by atoms with Crippen molar-refractivity contribution < 1.29 is 8.83 Å². The Labute approximate surface area is 282 Å². The molecule has 0 N–H and O–H groups in total. The van der Waals surface area contributed by atoms with Gasteiger partial charge in [0.2, 0.25) is 5.89 Å². The molecule has 0 spiro atoms. The molecule has 8 aromatic carbocycles. The maximum atomic E-state index is 6.52. The molecule has 0 aliphatic carbocycles. The normalized spacial score (nSPS) is 11.7. The molecule has 10 aromatic rings. The molecule has 0 saturated heterocycles. The maximum Gasteiger partial charge on any atom is 0.229 e. The zero-order valence-electron chi connectivity index (χ0n) is 26.4. The first-order chi connectivity index (χ1) is 24.3. The Morgan fingerprint density at radius 2 is 1.12 bits per heavy atom. The van der Waals surface area contributed by atoms with E-state index in [1.54, 1.807) is 0 Å². The van der Waals surface area contributed by atoms with Crippen molar-refractivity contribution in [1.82, 2.24) is 4.98 Å². The van der Waals surface area contributed by atoms with E-state index in [0.29, 0.717) is 5.89 Å². The van der Waals surface area contributed by atoms with Crippen molar-refractivity contribution >= 4 is 71.6 Å². The fourth-order valence-electron chi connectivity index (χ4n) is 7.06. The fraction of sp³-hybridized carbons (Fsp3) is 0. The maximum absolute atomic E-state index is 6.52. The molecule has 4 heteroatoms. The van der Waals surface area contributed by atoms with Crippen molar-refractivity contribution in [2.75, 3.05) is 4.90 Å². The zero-order chi connectivity index (χ0) is 32.3. The molecule has 0 saturated carbocycles. The van der Waals surface area contributed by atoms with Crippen LogP contribution in [-0.2, 0) is 0 Å². The van der Waals surface area contributed by atoms with Crippen molar-refractivity contribution in [3.63, 3.8) is 0 Å². The molecule has 0 radical (unpaired) electrons. The van der Waals surface area contributed by atoms with E-state index in [-0.39, 0.29) is 0 Å². The highest BCUT2D eigenvalue weighted by Crippen LogP contribution is 2.46. The first-order valence-electron chi connectivity index (χ1n) is 16.5. The van der Waals surface area contributed by atoms with E-state index in [1.807, 2.05) is 42.5 Å². The van der Waals surface area contributed by atoms with Crippen LogP contribution in [0, 0.1) is 0 Å². The lowest BCUT2D eigenvalue weighted by Gasteiger charge is -2.28. The number of hydrogen-bond acceptors (Lipinski definition) is 4. The number of hydrogen-bond donors (Lipinski definition) is 0. The van der Waals surface area contributed by atoms with Gasteiger partial charge in [0.25, 0.3) is 0 Å². The van der Waals surface area contributed by atoms with Gasteiger partial charge >= 0.3 is 0 Å². The van der Waals surface area contributed by atoms with Crippen LogP contribution in [0.1, 0.15) is 0 Å². The molecule has 49 heavy (non-hydrogen) atoms. The van der Waals surface area contributed by atoms with E-state index in [2.05, 4.69) is 132 Å². The summed E-state index contributed by atoms with van der Waals surface area (Å²) in [5.74, 6) is 0.554. The summed E-state index contributed by atoms with van der Waals surface area (Å²) in [5, 5.41) is 6.61. The molecule has 0 unspecified atom stereocenters. The minimum atomic E-state index is 0.554. The Morgan fingerprint density at radius 1 is 0.429 bits per heavy atom. The third-order valence-electron chi connectivity index (χ3n) is 9.46. The van der Waals surface area contributed by atoms with Crippen LogP contribution in [0.3, 0.4) is 0 Å². The van der Waals surface area contributed by atoms with Crippen molar-refractivity contribution in [1.29, 1.82) is 0 Å². The van der Waals surface area contributed by atoms with Gasteiger partial charge in [-0.2, -0.15) is 0 Å². The minimum absolute atomic E-state index is 0.554. The molecular formula is C45H28N2O2. The van der Waals surface area contributed by atoms with Gasteiger partial charge in [0.15, 0.2) is 5.58 Å². The number of para-hydroxylation sites is 3. The third-order valence-corrected chi connectivity index (χ3v) is 9.46. The van der Waals surface area contributed by atoms with Crippen molar-refractivity contribution in [2.24, 2.45) is 0 Å². The van der Waals surface area contributed by atoms with Crippen LogP contribution in [0.15, 0.2) is 179 Å². The Bertz CT molecular complexity index is 2800. The van der Waals surface area contributed by atoms with Crippen LogP contribution < -0.4 is 4.90 Å². The van der Waals surface area contributed by atoms with Gasteiger partial charge in [-0.15, -0.1) is 0 Å². The topological polar surface area (TPSA) is 42.4 Å². The summed E-state index contributed by atoms with van der Waals surface area (Å²) < 4.78 is 13.0. The molecular weight excluding hydrogens is 601 g/mol. The average Bonchev–Trinajstić information content (AvgIpc) is 3.77. The molecule has 0 aliphatic heterocycles. The van der Waals surface area contributed by atoms with Gasteiger partial charge in [0.05, 0.1) is 11.3 Å². The predicted octanol–water partition coefficient (Wildman–Crippen LogP) is 12.8. The van der Waals surface area contributed by atoms with Crippen molar-refractivity contribution in [3.8, 4) is 22.6 Å². The highest BCUT2D eigenvalue weighted by Gasteiger charge is 2.23. The second kappa shape index (κ2) is 11.0. The lowest BCUT2D eigenvalue weighted by Crippen LogP contribution is -2.11. The second-order valence-corrected chi connectivity index (χ2v) is 12.4. The average molecular weight is 629 g/mol. The fourth-order valence-corrected chi connectivity index (χ4v) is 7.06. The second-order valence-electron chi connectivity index (χ2n) is 12.4. The third kappa shape index (κ3) is 4.57. The van der Waals surface area contributed by atoms with E-state index >= 15 is 0 Å². The number of aromatic nitrogens is 1. The molecule has 0 bridgehead atoms. The van der Waals surface area contributed by atoms with Gasteiger partial charge in [0, 0.05) is 27.5 Å². The number of fused-ring (bicyclic) bond motifs is 7. The summed E-state index contributed by atoms with van der Waals surface area (Å²) >= 11 is 0. The number of benzene rings is 8. The summed E-state index contributed by atoms with van der Waals surface area (Å²) in [6.45, 7) is 0. The molecule has 0 amide bonds. The van der Waals surface area contributed by atoms with Gasteiger partial charge in [-0.25, -0.2) is 4.98 Å². The molecule has 2 heterocycles. The van der Waals surface area contributed by atoms with Crippen LogP contribution >= 0.6 is 0 Å². The Hall–Kier alpha value is -6.65. The van der Waals surface area contributed by atoms with Crippen LogP contribution in [0.2, 0.25) is 0 Å². The lowest BCUT2D eigenvalue weighted by atomic mass is 9.99. The monoisotopic (exact) mass is 628 g/mol. The highest BCUT2D eigenvalue weighted by molar-refractivity contribution is 6.16. The molecule has 0 atom stereocenters. The smallest absolute Gasteiger partial charge is 0.229 e. The van der Waals surface area contributed by atoms with Gasteiger partial charge in [0.1, 0.15) is 16.7 Å². The largest absolute Gasteiger partial charge is 0.455 e. The van der Waals surface area contributed by atoms with E-state index in [1.165, 1.54) is 16.3 Å². The zero-order valence-corrected chi connectivity index (χ0v) is 26.4. The summed E-state index contributed by atoms with van der Waals surface area (Å²) in [7, 11) is 0. The van der Waals surface area contributed by atoms with Crippen molar-refractivity contribution in [2.45, 2.75) is 0 Å². The molecule has 230 valence electrons. The van der Waals surface area contributed by atoms with Gasteiger partial charge < -0.3 is 13.7 Å². The SMILES string of the molecule is c1ccc(-c2ccc(N(c3ccc4ccccc4c3)c3cc4ccc5c6ccccc6oc5c4cc3-c3nc4ccccc4o3)cc2)cc1. The van der Waals surface area contributed by atoms with Gasteiger partial charge in [-0.05, 0) is 87.9 Å². The summed E-state index contributed by atoms with van der Waals surface area (Å²) in [5.41, 5.74) is 9.51. The van der Waals surface area contributed by atoms with Crippen LogP contribution in [-0.4, -0.2) is 4.98 Å². The van der Waals surface area contributed by atoms with E-state index in [4.69, 9.17) is 13.8 Å². The summed E-state index contributed by atoms with van der Waals surface area (Å²) in [4.78, 5) is 7.34. The minimum Gasteiger partial charge on any atom is -0.455 e. The number of anilines is 3. The van der Waals surface area contributed by atoms with E-state index in [0.717, 1.165) is 72.0 Å². The van der Waals surface area contributed by atoms with E-state index in [9.17, 15) is 0 Å².